The number of amides is 2. The number of carbonyl (C=O) groups excluding carboxylic acids is 1. The first-order chi connectivity index (χ1) is 15.8. The van der Waals surface area contributed by atoms with Crippen LogP contribution in [0.25, 0.3) is 5.73 Å². The summed E-state index contributed by atoms with van der Waals surface area (Å²) in [5.74, 6) is 0.285. The number of hydrogen-bond donors (Lipinski definition) is 2. The van der Waals surface area contributed by atoms with Crippen LogP contribution in [0.4, 0.5) is 16.2 Å². The molecule has 0 radical (unpaired) electrons. The van der Waals surface area contributed by atoms with Gasteiger partial charge < -0.3 is 20.4 Å². The van der Waals surface area contributed by atoms with E-state index in [9.17, 15) is 4.79 Å². The summed E-state index contributed by atoms with van der Waals surface area (Å²) in [6, 6.07) is 14.8. The molecule has 33 heavy (non-hydrogen) atoms. The van der Waals surface area contributed by atoms with Crippen molar-refractivity contribution in [2.24, 2.45) is 10.9 Å². The Bertz CT molecular complexity index is 1280. The monoisotopic (exact) mass is 477 g/mol. The van der Waals surface area contributed by atoms with Crippen LogP contribution in [0.1, 0.15) is 20.8 Å². The molecule has 2 aromatic carbocycles. The van der Waals surface area contributed by atoms with Crippen molar-refractivity contribution in [2.45, 2.75) is 26.8 Å². The minimum absolute atomic E-state index is 0.0659. The van der Waals surface area contributed by atoms with Gasteiger partial charge in [-0.3, -0.25) is 0 Å². The zero-order chi connectivity index (χ0) is 23.5. The fraction of sp³-hybridized carbons (Fsp3) is 0.320. The lowest BCUT2D eigenvalue weighted by molar-refractivity contribution is 0.122. The van der Waals surface area contributed by atoms with Gasteiger partial charge in [0, 0.05) is 36.4 Å². The lowest BCUT2D eigenvalue weighted by atomic mass is 10.00. The quantitative estimate of drug-likeness (QED) is 0.524. The van der Waals surface area contributed by atoms with Gasteiger partial charge in [-0.1, -0.05) is 37.2 Å². The highest BCUT2D eigenvalue weighted by Gasteiger charge is 2.33. The lowest BCUT2D eigenvalue weighted by Gasteiger charge is -2.44. The number of nitrogens with zero attached hydrogens (tertiary/aromatic N) is 3. The standard InChI is InChI=1S/C25H24ClN5OS/c1-16(2)23-15-30(24(32)28-19-10-8-18(26)9-11-19)13-14-31(23)25(33)29-22-6-4-5-21-20(22)12-7-17(3)27-21/h6,8-11,16,23H,13-15H2,1-3H3,(H,28,32)(H,29,33). The molecule has 0 saturated carbocycles. The second kappa shape index (κ2) is 9.70. The Kier molecular flexibility index (Phi) is 6.74. The predicted octanol–water partition coefficient (Wildman–Crippen LogP) is 3.58. The Hall–Kier alpha value is -3.26. The number of piperazine rings is 1. The number of anilines is 2. The third-order valence-corrected chi connectivity index (χ3v) is 6.22. The molecule has 2 amide bonds. The van der Waals surface area contributed by atoms with E-state index in [2.05, 4.69) is 58.0 Å². The normalized spacial score (nSPS) is 16.8. The zero-order valence-electron chi connectivity index (χ0n) is 18.7. The van der Waals surface area contributed by atoms with E-state index in [0.717, 1.165) is 16.6 Å². The van der Waals surface area contributed by atoms with Crippen molar-refractivity contribution in [1.82, 2.24) is 9.80 Å². The van der Waals surface area contributed by atoms with E-state index in [4.69, 9.17) is 23.8 Å². The molecular weight excluding hydrogens is 454 g/mol. The Morgan fingerprint density at radius 3 is 2.70 bits per heavy atom. The summed E-state index contributed by atoms with van der Waals surface area (Å²) < 4.78 is 0. The molecule has 0 bridgehead atoms. The van der Waals surface area contributed by atoms with E-state index in [1.165, 1.54) is 0 Å². The molecular formula is C25H24ClN5OS. The molecule has 1 fully saturated rings. The predicted molar refractivity (Wildman–Crippen MR) is 135 cm³/mol. The van der Waals surface area contributed by atoms with Crippen LogP contribution in [0.5, 0.6) is 0 Å². The molecule has 6 nitrogen and oxygen atoms in total. The van der Waals surface area contributed by atoms with Crippen LogP contribution >= 0.6 is 23.8 Å². The molecule has 1 saturated heterocycles. The van der Waals surface area contributed by atoms with E-state index in [1.807, 2.05) is 11.8 Å². The van der Waals surface area contributed by atoms with Gasteiger partial charge in [-0.25, -0.2) is 9.79 Å². The van der Waals surface area contributed by atoms with Crippen molar-refractivity contribution in [3.05, 3.63) is 69.5 Å². The second-order valence-electron chi connectivity index (χ2n) is 8.32. The van der Waals surface area contributed by atoms with Gasteiger partial charge in [0.2, 0.25) is 0 Å². The molecule has 168 valence electrons. The maximum atomic E-state index is 12.9. The van der Waals surface area contributed by atoms with Gasteiger partial charge >= 0.3 is 6.03 Å². The van der Waals surface area contributed by atoms with E-state index in [1.54, 1.807) is 30.3 Å². The zero-order valence-corrected chi connectivity index (χ0v) is 20.3. The third kappa shape index (κ3) is 5.22. The molecule has 8 heteroatoms. The Morgan fingerprint density at radius 2 is 1.97 bits per heavy atom. The van der Waals surface area contributed by atoms with Crippen molar-refractivity contribution >= 4 is 52.1 Å². The SMILES string of the molecule is CC1=C=C=c2c(NC(=S)N3CCN(C(=O)Nc4ccc(Cl)cc4)CC3C(C)C)cc#cc2=N1. The molecule has 2 aliphatic heterocycles. The largest absolute Gasteiger partial charge is 0.342 e. The van der Waals surface area contributed by atoms with Crippen LogP contribution in [0.15, 0.2) is 46.8 Å². The Labute approximate surface area is 203 Å². The van der Waals surface area contributed by atoms with Crippen LogP contribution in [0, 0.1) is 18.1 Å². The number of urea groups is 1. The average Bonchev–Trinajstić information content (AvgIpc) is 2.80. The van der Waals surface area contributed by atoms with Crippen molar-refractivity contribution in [3.63, 3.8) is 0 Å². The van der Waals surface area contributed by atoms with Gasteiger partial charge in [0.15, 0.2) is 5.11 Å². The van der Waals surface area contributed by atoms with Crippen molar-refractivity contribution < 1.29 is 4.79 Å². The first-order valence-electron chi connectivity index (χ1n) is 10.7. The molecule has 2 aromatic rings. The molecule has 0 aliphatic carbocycles. The highest BCUT2D eigenvalue weighted by Crippen LogP contribution is 2.20. The highest BCUT2D eigenvalue weighted by atomic mass is 35.5. The van der Waals surface area contributed by atoms with Crippen LogP contribution in [-0.2, 0) is 0 Å². The van der Waals surface area contributed by atoms with Gasteiger partial charge in [-0.05, 0) is 61.1 Å². The lowest BCUT2D eigenvalue weighted by Crippen LogP contribution is -2.59. The van der Waals surface area contributed by atoms with Gasteiger partial charge in [-0.2, -0.15) is 0 Å². The van der Waals surface area contributed by atoms with E-state index in [0.29, 0.717) is 40.8 Å². The maximum absolute atomic E-state index is 12.9. The molecule has 2 heterocycles. The number of halogens is 1. The summed E-state index contributed by atoms with van der Waals surface area (Å²) in [6.07, 6.45) is 0. The summed E-state index contributed by atoms with van der Waals surface area (Å²) in [7, 11) is 0. The number of thiocarbonyl (C=S) groups is 1. The smallest absolute Gasteiger partial charge is 0.321 e. The van der Waals surface area contributed by atoms with E-state index >= 15 is 0 Å². The number of carbonyl (C=O) groups is 1. The van der Waals surface area contributed by atoms with Crippen molar-refractivity contribution in [3.8, 4) is 0 Å². The topological polar surface area (TPSA) is 60.0 Å². The molecule has 0 aromatic heterocycles. The maximum Gasteiger partial charge on any atom is 0.321 e. The molecule has 4 rings (SSSR count). The van der Waals surface area contributed by atoms with E-state index < -0.39 is 0 Å². The van der Waals surface area contributed by atoms with E-state index in [-0.39, 0.29) is 18.0 Å². The number of nitrogens with one attached hydrogen (secondary N) is 2. The number of hydrogen-bond acceptors (Lipinski definition) is 3. The van der Waals surface area contributed by atoms with Crippen LogP contribution in [-0.4, -0.2) is 46.6 Å². The second-order valence-corrected chi connectivity index (χ2v) is 9.14. The molecule has 0 spiro atoms. The summed E-state index contributed by atoms with van der Waals surface area (Å²) in [5.41, 5.74) is 8.37. The van der Waals surface area contributed by atoms with Crippen molar-refractivity contribution in [1.29, 1.82) is 0 Å². The summed E-state index contributed by atoms with van der Waals surface area (Å²) in [4.78, 5) is 21.3. The summed E-state index contributed by atoms with van der Waals surface area (Å²) >= 11 is 11.7. The molecule has 2 aliphatic rings. The fourth-order valence-corrected chi connectivity index (χ4v) is 4.30. The fourth-order valence-electron chi connectivity index (χ4n) is 3.84. The first kappa shape index (κ1) is 22.9. The molecule has 1 unspecified atom stereocenters. The summed E-state index contributed by atoms with van der Waals surface area (Å²) in [5, 5.41) is 8.94. The molecule has 1 atom stereocenters. The Balaban J connectivity index is 1.48. The minimum Gasteiger partial charge on any atom is -0.342 e. The van der Waals surface area contributed by atoms with Crippen molar-refractivity contribution in [2.75, 3.05) is 30.3 Å². The van der Waals surface area contributed by atoms with Gasteiger partial charge in [-0.15, -0.1) is 0 Å². The first-order valence-corrected chi connectivity index (χ1v) is 11.5. The molecule has 2 N–H and O–H groups in total. The average molecular weight is 478 g/mol. The number of rotatable bonds is 3. The van der Waals surface area contributed by atoms with Crippen LogP contribution in [0.3, 0.4) is 0 Å². The van der Waals surface area contributed by atoms with Gasteiger partial charge in [0.1, 0.15) is 5.36 Å². The van der Waals surface area contributed by atoms with Gasteiger partial charge in [0.25, 0.3) is 0 Å². The Morgan fingerprint density at radius 1 is 1.21 bits per heavy atom. The highest BCUT2D eigenvalue weighted by molar-refractivity contribution is 7.80. The third-order valence-electron chi connectivity index (χ3n) is 5.63. The summed E-state index contributed by atoms with van der Waals surface area (Å²) in [6.45, 7) is 7.88. The minimum atomic E-state index is -0.132. The number of benzene rings is 1. The van der Waals surface area contributed by atoms with Gasteiger partial charge in [0.05, 0.1) is 22.6 Å². The number of allylic oxidation sites excluding steroid dienone is 1. The van der Waals surface area contributed by atoms with Crippen LogP contribution < -0.4 is 21.2 Å². The van der Waals surface area contributed by atoms with Crippen LogP contribution in [0.2, 0.25) is 5.02 Å². The number of fused-ring (bicyclic) bond motifs is 1.